The summed E-state index contributed by atoms with van der Waals surface area (Å²) in [4.78, 5) is 34.1. The number of alkyl halides is 3. The quantitative estimate of drug-likeness (QED) is 0.693. The van der Waals surface area contributed by atoms with Crippen LogP contribution in [-0.2, 0) is 22.3 Å². The number of amides is 2. The highest BCUT2D eigenvalue weighted by Crippen LogP contribution is 2.31. The molecule has 0 radical (unpaired) electrons. The van der Waals surface area contributed by atoms with E-state index in [0.29, 0.717) is 32.5 Å². The van der Waals surface area contributed by atoms with Gasteiger partial charge in [0.05, 0.1) is 5.56 Å². The van der Waals surface area contributed by atoms with Crippen molar-refractivity contribution in [3.05, 3.63) is 35.4 Å². The maximum atomic E-state index is 13.0. The fourth-order valence-electron chi connectivity index (χ4n) is 5.36. The number of fused-ring (bicyclic) bond motifs is 1. The molecule has 34 heavy (non-hydrogen) atoms. The Balaban J connectivity index is 1.36. The predicted molar refractivity (Wildman–Crippen MR) is 122 cm³/mol. The van der Waals surface area contributed by atoms with Gasteiger partial charge in [0.1, 0.15) is 6.04 Å². The Kier molecular flexibility index (Phi) is 7.49. The second-order valence-electron chi connectivity index (χ2n) is 9.75. The van der Waals surface area contributed by atoms with E-state index >= 15 is 0 Å². The second-order valence-corrected chi connectivity index (χ2v) is 9.75. The number of benzene rings is 1. The molecule has 3 saturated heterocycles. The summed E-state index contributed by atoms with van der Waals surface area (Å²) < 4.78 is 38.6. The lowest BCUT2D eigenvalue weighted by molar-refractivity contribution is -0.137. The van der Waals surface area contributed by atoms with Gasteiger partial charge in [-0.2, -0.15) is 13.2 Å². The molecule has 0 aromatic heterocycles. The number of nitrogens with one attached hydrogen (secondary N) is 1. The normalized spacial score (nSPS) is 27.4. The average molecular weight is 482 g/mol. The molecule has 3 aliphatic rings. The fraction of sp³-hybridized carbons (Fsp3) is 0.667. The van der Waals surface area contributed by atoms with Crippen LogP contribution in [0.5, 0.6) is 0 Å². The van der Waals surface area contributed by atoms with Gasteiger partial charge in [-0.3, -0.25) is 19.4 Å². The molecule has 0 aliphatic carbocycles. The molecular weight excluding hydrogens is 447 g/mol. The zero-order valence-corrected chi connectivity index (χ0v) is 19.9. The van der Waals surface area contributed by atoms with Gasteiger partial charge in [-0.05, 0) is 44.6 Å². The first-order chi connectivity index (χ1) is 16.1. The fourth-order valence-corrected chi connectivity index (χ4v) is 5.36. The van der Waals surface area contributed by atoms with E-state index in [4.69, 9.17) is 0 Å². The maximum Gasteiger partial charge on any atom is 0.416 e. The van der Waals surface area contributed by atoms with Crippen LogP contribution in [-0.4, -0.2) is 103 Å². The van der Waals surface area contributed by atoms with Gasteiger partial charge in [0.2, 0.25) is 11.8 Å². The molecule has 3 aliphatic heterocycles. The van der Waals surface area contributed by atoms with E-state index in [1.165, 1.54) is 12.1 Å². The number of hydrogen-bond acceptors (Lipinski definition) is 5. The van der Waals surface area contributed by atoms with Crippen LogP contribution in [0.3, 0.4) is 0 Å². The molecule has 1 aromatic carbocycles. The molecule has 188 valence electrons. The lowest BCUT2D eigenvalue weighted by Gasteiger charge is -2.35. The number of rotatable bonds is 5. The van der Waals surface area contributed by atoms with Gasteiger partial charge >= 0.3 is 6.18 Å². The molecule has 3 fully saturated rings. The molecule has 0 spiro atoms. The van der Waals surface area contributed by atoms with Crippen molar-refractivity contribution in [3.8, 4) is 0 Å². The minimum absolute atomic E-state index is 0.0145. The van der Waals surface area contributed by atoms with E-state index in [9.17, 15) is 22.8 Å². The van der Waals surface area contributed by atoms with Crippen LogP contribution in [0.15, 0.2) is 24.3 Å². The summed E-state index contributed by atoms with van der Waals surface area (Å²) in [5, 5.41) is 3.05. The lowest BCUT2D eigenvalue weighted by Crippen LogP contribution is -2.50. The van der Waals surface area contributed by atoms with Crippen molar-refractivity contribution in [3.63, 3.8) is 0 Å². The predicted octanol–water partition coefficient (Wildman–Crippen LogP) is 1.63. The van der Waals surface area contributed by atoms with E-state index in [0.717, 1.165) is 50.3 Å². The van der Waals surface area contributed by atoms with Gasteiger partial charge in [0, 0.05) is 64.3 Å². The SMILES string of the molecule is CN1CCN(C(=O)CC[C@@H]2CNC(=O)[C@H]3[C@@H](CCN3Cc3ccc(C(F)(F)F)cc3)N2C)CC1. The molecule has 0 saturated carbocycles. The number of likely N-dealkylation sites (N-methyl/N-ethyl adjacent to an activating group) is 2. The Morgan fingerprint density at radius 1 is 1.06 bits per heavy atom. The van der Waals surface area contributed by atoms with Gasteiger partial charge in [0.25, 0.3) is 0 Å². The highest BCUT2D eigenvalue weighted by molar-refractivity contribution is 5.83. The summed E-state index contributed by atoms with van der Waals surface area (Å²) in [5.74, 6) is 0.123. The third kappa shape index (κ3) is 5.55. The third-order valence-electron chi connectivity index (χ3n) is 7.56. The number of piperazine rings is 1. The van der Waals surface area contributed by atoms with Gasteiger partial charge < -0.3 is 15.1 Å². The topological polar surface area (TPSA) is 59.1 Å². The zero-order chi connectivity index (χ0) is 24.5. The van der Waals surface area contributed by atoms with Crippen molar-refractivity contribution in [2.75, 3.05) is 53.4 Å². The number of carbonyl (C=O) groups excluding carboxylic acids is 2. The molecule has 0 bridgehead atoms. The van der Waals surface area contributed by atoms with Gasteiger partial charge in [-0.15, -0.1) is 0 Å². The van der Waals surface area contributed by atoms with Crippen LogP contribution < -0.4 is 5.32 Å². The Bertz CT molecular complexity index is 870. The van der Waals surface area contributed by atoms with Crippen molar-refractivity contribution in [2.24, 2.45) is 0 Å². The number of likely N-dealkylation sites (tertiary alicyclic amines) is 1. The lowest BCUT2D eigenvalue weighted by atomic mass is 10.0. The zero-order valence-electron chi connectivity index (χ0n) is 19.9. The van der Waals surface area contributed by atoms with E-state index in [1.807, 2.05) is 11.9 Å². The van der Waals surface area contributed by atoms with Crippen molar-refractivity contribution in [2.45, 2.75) is 50.1 Å². The average Bonchev–Trinajstić information content (AvgIpc) is 3.17. The molecule has 3 heterocycles. The second kappa shape index (κ2) is 10.2. The van der Waals surface area contributed by atoms with E-state index < -0.39 is 11.7 Å². The highest BCUT2D eigenvalue weighted by atomic mass is 19.4. The van der Waals surface area contributed by atoms with E-state index in [1.54, 1.807) is 0 Å². The van der Waals surface area contributed by atoms with Gasteiger partial charge in [0.15, 0.2) is 0 Å². The Hall–Kier alpha value is -2.17. The first-order valence-corrected chi connectivity index (χ1v) is 12.0. The number of carbonyl (C=O) groups is 2. The van der Waals surface area contributed by atoms with Crippen LogP contribution in [0, 0.1) is 0 Å². The van der Waals surface area contributed by atoms with Crippen molar-refractivity contribution < 1.29 is 22.8 Å². The Labute approximate surface area is 198 Å². The molecule has 7 nitrogen and oxygen atoms in total. The number of nitrogens with zero attached hydrogens (tertiary/aromatic N) is 4. The molecule has 10 heteroatoms. The van der Waals surface area contributed by atoms with Crippen molar-refractivity contribution in [1.82, 2.24) is 24.9 Å². The van der Waals surface area contributed by atoms with Crippen molar-refractivity contribution >= 4 is 11.8 Å². The van der Waals surface area contributed by atoms with Gasteiger partial charge in [-0.1, -0.05) is 12.1 Å². The molecule has 3 atom stereocenters. The third-order valence-corrected chi connectivity index (χ3v) is 7.56. The monoisotopic (exact) mass is 481 g/mol. The summed E-state index contributed by atoms with van der Waals surface area (Å²) in [6, 6.07) is 4.89. The van der Waals surface area contributed by atoms with Gasteiger partial charge in [-0.25, -0.2) is 0 Å². The molecule has 4 rings (SSSR count). The van der Waals surface area contributed by atoms with E-state index in [-0.39, 0.29) is 29.9 Å². The number of halogens is 3. The van der Waals surface area contributed by atoms with Crippen LogP contribution in [0.4, 0.5) is 13.2 Å². The first-order valence-electron chi connectivity index (χ1n) is 12.0. The molecule has 2 amide bonds. The summed E-state index contributed by atoms with van der Waals surface area (Å²) in [5.41, 5.74) is 0.0825. The number of hydrogen-bond donors (Lipinski definition) is 1. The van der Waals surface area contributed by atoms with Crippen molar-refractivity contribution in [1.29, 1.82) is 0 Å². The molecule has 0 unspecified atom stereocenters. The molecule has 1 N–H and O–H groups in total. The van der Waals surface area contributed by atoms with Crippen LogP contribution in [0.1, 0.15) is 30.4 Å². The summed E-state index contributed by atoms with van der Waals surface area (Å²) in [6.07, 6.45) is -2.41. The maximum absolute atomic E-state index is 13.0. The molecule has 1 aromatic rings. The minimum Gasteiger partial charge on any atom is -0.353 e. The summed E-state index contributed by atoms with van der Waals surface area (Å²) >= 11 is 0. The highest BCUT2D eigenvalue weighted by Gasteiger charge is 2.45. The first kappa shape index (κ1) is 24.9. The Morgan fingerprint density at radius 2 is 1.74 bits per heavy atom. The summed E-state index contributed by atoms with van der Waals surface area (Å²) in [7, 11) is 4.08. The standard InChI is InChI=1S/C24H34F3N5O2/c1-29-11-13-31(14-12-29)21(33)8-7-19-15-28-23(34)22-20(30(19)2)9-10-32(22)16-17-3-5-18(6-4-17)24(25,26)27/h3-6,19-20,22H,7-16H2,1-2H3,(H,28,34)/t19-,20-,22-/m1/s1. The summed E-state index contributed by atoms with van der Waals surface area (Å²) in [6.45, 7) is 4.92. The van der Waals surface area contributed by atoms with Crippen LogP contribution in [0.25, 0.3) is 0 Å². The smallest absolute Gasteiger partial charge is 0.353 e. The Morgan fingerprint density at radius 3 is 2.38 bits per heavy atom. The molecular formula is C24H34F3N5O2. The minimum atomic E-state index is -4.36. The van der Waals surface area contributed by atoms with Crippen LogP contribution in [0.2, 0.25) is 0 Å². The van der Waals surface area contributed by atoms with Crippen LogP contribution >= 0.6 is 0 Å². The van der Waals surface area contributed by atoms with E-state index in [2.05, 4.69) is 27.1 Å². The largest absolute Gasteiger partial charge is 0.416 e.